The van der Waals surface area contributed by atoms with Crippen LogP contribution in [0.3, 0.4) is 0 Å². The van der Waals surface area contributed by atoms with E-state index < -0.39 is 22.9 Å². The molecule has 2 atom stereocenters. The Hall–Kier alpha value is -2.97. The Labute approximate surface area is 248 Å². The molecule has 1 aromatic carbocycles. The molecule has 0 radical (unpaired) electrons. The number of carbonyl (C=O) groups is 2. The fourth-order valence-electron chi connectivity index (χ4n) is 6.26. The van der Waals surface area contributed by atoms with Crippen LogP contribution in [0.5, 0.6) is 5.88 Å². The first-order valence-corrected chi connectivity index (χ1v) is 15.1. The second kappa shape index (κ2) is 11.4. The number of piperidine rings is 1. The number of pyridine rings is 1. The maximum atomic E-state index is 16.0. The van der Waals surface area contributed by atoms with E-state index in [4.69, 9.17) is 14.7 Å². The van der Waals surface area contributed by atoms with Gasteiger partial charge in [0.05, 0.1) is 16.0 Å². The molecule has 1 N–H and O–H groups in total. The minimum absolute atomic E-state index is 0.103. The van der Waals surface area contributed by atoms with Gasteiger partial charge in [-0.05, 0) is 100 Å². The van der Waals surface area contributed by atoms with Crippen LogP contribution in [0.2, 0.25) is 0 Å². The number of nitrogens with one attached hydrogen (secondary N) is 1. The fraction of sp³-hybridized carbons (Fsp3) is 0.600. The minimum Gasteiger partial charge on any atom is -0.475 e. The molecular formula is C30H37BrFN5O4. The second-order valence-corrected chi connectivity index (χ2v) is 13.2. The van der Waals surface area contributed by atoms with Crippen LogP contribution in [-0.2, 0) is 21.4 Å². The second-order valence-electron chi connectivity index (χ2n) is 12.4. The molecule has 220 valence electrons. The quantitative estimate of drug-likeness (QED) is 0.410. The van der Waals surface area contributed by atoms with E-state index in [1.165, 1.54) is 0 Å². The van der Waals surface area contributed by atoms with Crippen molar-refractivity contribution >= 4 is 44.5 Å². The third-order valence-electron chi connectivity index (χ3n) is 8.32. The third kappa shape index (κ3) is 5.61. The highest BCUT2D eigenvalue weighted by Gasteiger charge is 2.53. The number of hydrogen-bond acceptors (Lipinski definition) is 7. The lowest BCUT2D eigenvalue weighted by Gasteiger charge is -2.39. The summed E-state index contributed by atoms with van der Waals surface area (Å²) < 4.78 is 28.2. The van der Waals surface area contributed by atoms with Gasteiger partial charge in [0.2, 0.25) is 11.8 Å². The van der Waals surface area contributed by atoms with E-state index in [0.717, 1.165) is 19.4 Å². The first-order chi connectivity index (χ1) is 19.4. The molecule has 2 aromatic rings. The lowest BCUT2D eigenvalue weighted by molar-refractivity contribution is -0.122. The van der Waals surface area contributed by atoms with Gasteiger partial charge in [-0.25, -0.2) is 14.2 Å². The molecule has 11 heteroatoms. The third-order valence-corrected chi connectivity index (χ3v) is 9.17. The van der Waals surface area contributed by atoms with Gasteiger partial charge in [0.25, 0.3) is 0 Å². The van der Waals surface area contributed by atoms with Gasteiger partial charge in [-0.1, -0.05) is 0 Å². The average Bonchev–Trinajstić information content (AvgIpc) is 3.45. The topological polar surface area (TPSA) is 108 Å². The number of benzene rings is 1. The van der Waals surface area contributed by atoms with Crippen LogP contribution in [0.15, 0.2) is 10.5 Å². The van der Waals surface area contributed by atoms with Crippen LogP contribution in [0.1, 0.15) is 70.4 Å². The van der Waals surface area contributed by atoms with E-state index in [1.54, 1.807) is 25.7 Å². The standard InChI is InChI=1S/C30H37BrFN5O4/c1-29(2,3)41-28(39)37-14-8-11-30(17-37)21-20-15-18(9-5-6-12-33)22(31)23(32)24(20)34-26(25(21)35-27(30)38)40-16-19-10-7-13-36(19)4/h15,19H,5-11,13-14,16-17H2,1-4H3,(H,35,38)/t19-,30?/m0/s1. The molecule has 3 aliphatic rings. The largest absolute Gasteiger partial charge is 0.475 e. The van der Waals surface area contributed by atoms with Crippen molar-refractivity contribution in [3.05, 3.63) is 27.5 Å². The fourth-order valence-corrected chi connectivity index (χ4v) is 6.76. The number of amides is 2. The van der Waals surface area contributed by atoms with Crippen molar-refractivity contribution in [1.82, 2.24) is 14.8 Å². The van der Waals surface area contributed by atoms with Crippen molar-refractivity contribution in [3.63, 3.8) is 0 Å². The van der Waals surface area contributed by atoms with Crippen LogP contribution in [0.4, 0.5) is 14.9 Å². The number of carbonyl (C=O) groups excluding carboxylic acids is 2. The molecule has 3 aliphatic heterocycles. The molecular weight excluding hydrogens is 593 g/mol. The van der Waals surface area contributed by atoms with Crippen molar-refractivity contribution in [2.75, 3.05) is 38.6 Å². The van der Waals surface area contributed by atoms with Crippen molar-refractivity contribution in [1.29, 1.82) is 5.26 Å². The number of likely N-dealkylation sites (tertiary alicyclic amines) is 2. The molecule has 0 saturated carbocycles. The molecule has 5 rings (SSSR count). The number of nitriles is 1. The molecule has 1 spiro atoms. The van der Waals surface area contributed by atoms with E-state index in [2.05, 4.69) is 37.2 Å². The Morgan fingerprint density at radius 3 is 2.80 bits per heavy atom. The van der Waals surface area contributed by atoms with Crippen molar-refractivity contribution in [3.8, 4) is 11.9 Å². The molecule has 2 fully saturated rings. The van der Waals surface area contributed by atoms with Gasteiger partial charge < -0.3 is 24.6 Å². The molecule has 0 aliphatic carbocycles. The maximum absolute atomic E-state index is 16.0. The van der Waals surface area contributed by atoms with E-state index in [0.29, 0.717) is 71.9 Å². The maximum Gasteiger partial charge on any atom is 0.410 e. The van der Waals surface area contributed by atoms with E-state index >= 15 is 4.39 Å². The van der Waals surface area contributed by atoms with Crippen molar-refractivity contribution in [2.24, 2.45) is 0 Å². The number of aromatic nitrogens is 1. The molecule has 9 nitrogen and oxygen atoms in total. The predicted octanol–water partition coefficient (Wildman–Crippen LogP) is 5.68. The minimum atomic E-state index is -1.11. The Kier molecular flexibility index (Phi) is 8.18. The number of nitrogens with zero attached hydrogens (tertiary/aromatic N) is 4. The summed E-state index contributed by atoms with van der Waals surface area (Å²) in [5, 5.41) is 12.6. The van der Waals surface area contributed by atoms with Crippen LogP contribution in [0.25, 0.3) is 10.9 Å². The van der Waals surface area contributed by atoms with Crippen LogP contribution in [-0.4, -0.2) is 71.7 Å². The molecule has 0 bridgehead atoms. The lowest BCUT2D eigenvalue weighted by Crippen LogP contribution is -2.52. The summed E-state index contributed by atoms with van der Waals surface area (Å²) >= 11 is 3.42. The van der Waals surface area contributed by atoms with Crippen molar-refractivity contribution in [2.45, 2.75) is 82.8 Å². The Balaban J connectivity index is 1.64. The summed E-state index contributed by atoms with van der Waals surface area (Å²) in [4.78, 5) is 35.4. The number of halogens is 2. The summed E-state index contributed by atoms with van der Waals surface area (Å²) in [6.07, 6.45) is 4.04. The first kappa shape index (κ1) is 29.5. The summed E-state index contributed by atoms with van der Waals surface area (Å²) in [6, 6.07) is 4.21. The summed E-state index contributed by atoms with van der Waals surface area (Å²) in [5.74, 6) is -0.600. The first-order valence-electron chi connectivity index (χ1n) is 14.3. The van der Waals surface area contributed by atoms with Gasteiger partial charge >= 0.3 is 6.09 Å². The summed E-state index contributed by atoms with van der Waals surface area (Å²) in [7, 11) is 2.05. The van der Waals surface area contributed by atoms with Crippen LogP contribution in [0, 0.1) is 17.1 Å². The van der Waals surface area contributed by atoms with Gasteiger partial charge in [-0.15, -0.1) is 0 Å². The van der Waals surface area contributed by atoms with Gasteiger partial charge in [0, 0.05) is 36.5 Å². The zero-order valence-electron chi connectivity index (χ0n) is 24.1. The SMILES string of the molecule is CN1CCC[C@H]1COc1nc2c(F)c(Br)c(CCCC#N)cc2c2c1NC(=O)C21CCCN(C(=O)OC(C)(C)C)C1. The Bertz CT molecular complexity index is 1420. The van der Waals surface area contributed by atoms with Gasteiger partial charge in [0.15, 0.2) is 5.82 Å². The zero-order chi connectivity index (χ0) is 29.5. The molecule has 1 unspecified atom stereocenters. The number of hydrogen-bond donors (Lipinski definition) is 1. The molecule has 2 amide bonds. The Morgan fingerprint density at radius 2 is 2.12 bits per heavy atom. The Morgan fingerprint density at radius 1 is 1.34 bits per heavy atom. The zero-order valence-corrected chi connectivity index (χ0v) is 25.7. The van der Waals surface area contributed by atoms with E-state index in [9.17, 15) is 9.59 Å². The number of anilines is 1. The number of likely N-dealkylation sites (N-methyl/N-ethyl adjacent to an activating group) is 1. The number of aryl methyl sites for hydroxylation is 1. The van der Waals surface area contributed by atoms with Gasteiger partial charge in [-0.3, -0.25) is 4.79 Å². The number of fused-ring (bicyclic) bond motifs is 4. The van der Waals surface area contributed by atoms with E-state index in [1.807, 2.05) is 13.1 Å². The molecule has 4 heterocycles. The number of unbranched alkanes of at least 4 members (excludes halogenated alkanes) is 1. The predicted molar refractivity (Wildman–Crippen MR) is 156 cm³/mol. The van der Waals surface area contributed by atoms with Gasteiger partial charge in [-0.2, -0.15) is 5.26 Å². The number of ether oxygens (including phenoxy) is 2. The van der Waals surface area contributed by atoms with Crippen LogP contribution >= 0.6 is 15.9 Å². The highest BCUT2D eigenvalue weighted by Crippen LogP contribution is 2.51. The molecule has 1 aromatic heterocycles. The van der Waals surface area contributed by atoms with Crippen molar-refractivity contribution < 1.29 is 23.5 Å². The number of rotatable bonds is 6. The lowest BCUT2D eigenvalue weighted by atomic mass is 9.73. The smallest absolute Gasteiger partial charge is 0.410 e. The normalized spacial score (nSPS) is 22.6. The van der Waals surface area contributed by atoms with Gasteiger partial charge in [0.1, 0.15) is 23.4 Å². The molecule has 2 saturated heterocycles. The van der Waals surface area contributed by atoms with Crippen LogP contribution < -0.4 is 10.1 Å². The highest BCUT2D eigenvalue weighted by molar-refractivity contribution is 9.10. The summed E-state index contributed by atoms with van der Waals surface area (Å²) in [6.45, 7) is 7.33. The highest BCUT2D eigenvalue weighted by atomic mass is 79.9. The summed E-state index contributed by atoms with van der Waals surface area (Å²) in [5.41, 5.74) is 0.0703. The average molecular weight is 631 g/mol. The monoisotopic (exact) mass is 629 g/mol. The molecule has 41 heavy (non-hydrogen) atoms. The van der Waals surface area contributed by atoms with E-state index in [-0.39, 0.29) is 29.9 Å².